The Balaban J connectivity index is 1.44. The number of anilines is 1. The molecule has 12 nitrogen and oxygen atoms in total. The number of fused-ring (bicyclic) bond motifs is 3. The van der Waals surface area contributed by atoms with Crippen LogP contribution in [0.25, 0.3) is 5.57 Å². The fourth-order valence-corrected chi connectivity index (χ4v) is 10.4. The lowest BCUT2D eigenvalue weighted by Gasteiger charge is -2.61. The number of methoxy groups -OCH3 is 1. The largest absolute Gasteiger partial charge is 0.465 e. The van der Waals surface area contributed by atoms with E-state index >= 15 is 0 Å². The van der Waals surface area contributed by atoms with Crippen molar-refractivity contribution in [2.75, 3.05) is 44.6 Å². The standard InChI is InChI=1S/C42H60N4O8S/c1-28(44-27-41(8)24-40(7)22-39(5,6)23-42(25-40,26-41)52-18-19-53-55(10,49)50)32(20-43)30-14-15-34(45-35(30)37(48)54-38(2,3)4)46-17-16-29-12-11-13-31(33(29)21-46)36(47)51-9/h11-15,20H,16-19,21-27,43H2,1-10H3. The second kappa shape index (κ2) is 15.6. The molecule has 3 atom stereocenters. The van der Waals surface area contributed by atoms with E-state index in [2.05, 4.69) is 27.7 Å². The minimum absolute atomic E-state index is 0.00137. The number of esters is 2. The smallest absolute Gasteiger partial charge is 0.358 e. The lowest BCUT2D eigenvalue weighted by Crippen LogP contribution is -2.57. The highest BCUT2D eigenvalue weighted by Gasteiger charge is 2.58. The number of allylic oxidation sites excluding steroid dienone is 1. The van der Waals surface area contributed by atoms with E-state index in [1.54, 1.807) is 6.07 Å². The fourth-order valence-electron chi connectivity index (χ4n) is 10.0. The number of nitrogens with two attached hydrogens (primary N) is 1. The first-order valence-corrected chi connectivity index (χ1v) is 20.9. The molecule has 0 amide bonds. The van der Waals surface area contributed by atoms with Gasteiger partial charge >= 0.3 is 11.9 Å². The number of hydrogen-bond acceptors (Lipinski definition) is 12. The molecule has 0 spiro atoms. The molecule has 2 saturated carbocycles. The van der Waals surface area contributed by atoms with Crippen molar-refractivity contribution in [3.05, 3.63) is 64.5 Å². The summed E-state index contributed by atoms with van der Waals surface area (Å²) in [6.07, 6.45) is 7.70. The van der Waals surface area contributed by atoms with Crippen LogP contribution >= 0.6 is 0 Å². The minimum Gasteiger partial charge on any atom is -0.465 e. The normalized spacial score (nSPS) is 25.6. The molecule has 55 heavy (non-hydrogen) atoms. The number of ether oxygens (including phenoxy) is 3. The van der Waals surface area contributed by atoms with Crippen LogP contribution in [0.5, 0.6) is 0 Å². The highest BCUT2D eigenvalue weighted by molar-refractivity contribution is 7.85. The molecule has 1 aliphatic heterocycles. The van der Waals surface area contributed by atoms with Gasteiger partial charge in [0.25, 0.3) is 10.1 Å². The molecule has 1 aromatic heterocycles. The van der Waals surface area contributed by atoms with Crippen molar-refractivity contribution in [2.24, 2.45) is 27.0 Å². The number of aromatic nitrogens is 1. The van der Waals surface area contributed by atoms with Crippen LogP contribution in [0.15, 0.2) is 41.5 Å². The minimum atomic E-state index is -3.57. The van der Waals surface area contributed by atoms with Gasteiger partial charge < -0.3 is 24.8 Å². The highest BCUT2D eigenvalue weighted by Crippen LogP contribution is 2.63. The van der Waals surface area contributed by atoms with Crippen LogP contribution in [0.3, 0.4) is 0 Å². The molecule has 2 heterocycles. The van der Waals surface area contributed by atoms with Gasteiger partial charge in [0.2, 0.25) is 0 Å². The zero-order valence-electron chi connectivity index (χ0n) is 34.3. The topological polar surface area (TPSA) is 160 Å². The van der Waals surface area contributed by atoms with Gasteiger partial charge in [0.15, 0.2) is 5.69 Å². The maximum absolute atomic E-state index is 13.9. The molecular weight excluding hydrogens is 721 g/mol. The summed E-state index contributed by atoms with van der Waals surface area (Å²) < 4.78 is 45.8. The van der Waals surface area contributed by atoms with Crippen molar-refractivity contribution >= 4 is 39.2 Å². The third-order valence-electron chi connectivity index (χ3n) is 10.9. The van der Waals surface area contributed by atoms with Crippen molar-refractivity contribution < 1.29 is 36.4 Å². The number of nitrogens with zero attached hydrogens (tertiary/aromatic N) is 3. The van der Waals surface area contributed by atoms with Gasteiger partial charge in [0, 0.05) is 42.7 Å². The van der Waals surface area contributed by atoms with Crippen molar-refractivity contribution in [3.63, 3.8) is 0 Å². The number of rotatable bonds is 12. The Morgan fingerprint density at radius 3 is 2.36 bits per heavy atom. The van der Waals surface area contributed by atoms with Gasteiger partial charge in [0.1, 0.15) is 11.4 Å². The summed E-state index contributed by atoms with van der Waals surface area (Å²) >= 11 is 0. The molecule has 0 saturated heterocycles. The van der Waals surface area contributed by atoms with Crippen molar-refractivity contribution in [1.82, 2.24) is 4.98 Å². The van der Waals surface area contributed by atoms with Crippen LogP contribution in [-0.2, 0) is 41.5 Å². The maximum atomic E-state index is 13.9. The van der Waals surface area contributed by atoms with E-state index in [9.17, 15) is 18.0 Å². The quantitative estimate of drug-likeness (QED) is 0.103. The molecular formula is C42H60N4O8S. The third kappa shape index (κ3) is 10.3. The summed E-state index contributed by atoms with van der Waals surface area (Å²) in [6, 6.07) is 9.37. The number of pyridine rings is 1. The molecule has 0 radical (unpaired) electrons. The van der Waals surface area contributed by atoms with Crippen LogP contribution < -0.4 is 10.6 Å². The van der Waals surface area contributed by atoms with Gasteiger partial charge in [-0.25, -0.2) is 14.6 Å². The Labute approximate surface area is 327 Å². The van der Waals surface area contributed by atoms with E-state index < -0.39 is 33.3 Å². The van der Waals surface area contributed by atoms with E-state index in [-0.39, 0.29) is 35.2 Å². The van der Waals surface area contributed by atoms with Gasteiger partial charge in [-0.15, -0.1) is 0 Å². The molecule has 2 aliphatic carbocycles. The lowest BCUT2D eigenvalue weighted by molar-refractivity contribution is -0.191. The Morgan fingerprint density at radius 2 is 1.71 bits per heavy atom. The van der Waals surface area contributed by atoms with Crippen molar-refractivity contribution in [1.29, 1.82) is 0 Å². The first-order valence-electron chi connectivity index (χ1n) is 19.1. The van der Waals surface area contributed by atoms with Crippen molar-refractivity contribution in [3.8, 4) is 0 Å². The van der Waals surface area contributed by atoms with E-state index in [0.29, 0.717) is 54.3 Å². The number of carbonyl (C=O) groups is 2. The molecule has 2 aromatic rings. The molecule has 5 rings (SSSR count). The summed E-state index contributed by atoms with van der Waals surface area (Å²) in [5.74, 6) is -0.398. The Morgan fingerprint density at radius 1 is 0.982 bits per heavy atom. The third-order valence-corrected chi connectivity index (χ3v) is 11.5. The summed E-state index contributed by atoms with van der Waals surface area (Å²) in [5.41, 5.74) is 9.29. The van der Waals surface area contributed by atoms with Crippen LogP contribution in [0.4, 0.5) is 5.82 Å². The lowest BCUT2D eigenvalue weighted by atomic mass is 9.48. The van der Waals surface area contributed by atoms with Crippen LogP contribution in [0, 0.1) is 16.2 Å². The van der Waals surface area contributed by atoms with E-state index in [4.69, 9.17) is 34.1 Å². The molecule has 1 aromatic carbocycles. The molecule has 2 N–H and O–H groups in total. The molecule has 3 unspecified atom stereocenters. The Bertz CT molecular complexity index is 1970. The second-order valence-electron chi connectivity index (χ2n) is 18.4. The van der Waals surface area contributed by atoms with Gasteiger partial charge in [0.05, 0.1) is 37.7 Å². The Kier molecular flexibility index (Phi) is 12.0. The monoisotopic (exact) mass is 780 g/mol. The summed E-state index contributed by atoms with van der Waals surface area (Å²) in [6.45, 7) is 18.2. The summed E-state index contributed by atoms with van der Waals surface area (Å²) in [5, 5.41) is 0. The van der Waals surface area contributed by atoms with Crippen LogP contribution in [0.2, 0.25) is 0 Å². The Hall–Kier alpha value is -3.81. The van der Waals surface area contributed by atoms with E-state index in [1.807, 2.05) is 56.9 Å². The summed E-state index contributed by atoms with van der Waals surface area (Å²) in [4.78, 5) is 38.6. The van der Waals surface area contributed by atoms with Gasteiger partial charge in [-0.2, -0.15) is 8.42 Å². The zero-order chi connectivity index (χ0) is 40.6. The first-order chi connectivity index (χ1) is 25.5. The number of hydrogen-bond donors (Lipinski definition) is 1. The second-order valence-corrected chi connectivity index (χ2v) is 20.0. The van der Waals surface area contributed by atoms with E-state index in [0.717, 1.165) is 49.5 Å². The molecule has 302 valence electrons. The first kappa shape index (κ1) is 42.3. The molecule has 3 aliphatic rings. The average Bonchev–Trinajstić information content (AvgIpc) is 3.06. The average molecular weight is 781 g/mol. The van der Waals surface area contributed by atoms with Crippen LogP contribution in [-0.4, -0.2) is 81.9 Å². The fraction of sp³-hybridized carbons (Fsp3) is 0.619. The molecule has 2 bridgehead atoms. The van der Waals surface area contributed by atoms with Gasteiger partial charge in [-0.1, -0.05) is 39.8 Å². The maximum Gasteiger partial charge on any atom is 0.358 e. The van der Waals surface area contributed by atoms with Gasteiger partial charge in [-0.05, 0) is 112 Å². The van der Waals surface area contributed by atoms with Gasteiger partial charge in [-0.3, -0.25) is 9.18 Å². The van der Waals surface area contributed by atoms with E-state index in [1.165, 1.54) is 13.3 Å². The SMILES string of the molecule is COC(=O)c1cccc2c1CN(c1ccc(C(=CN)C(C)=NCC3(C)CC4(C)CC(C)(C)CC(OCCOS(C)(=O)=O)(C3)C4)c(C(=O)OC(C)(C)C)n1)CC2. The van der Waals surface area contributed by atoms with Crippen LogP contribution in [0.1, 0.15) is 125 Å². The summed E-state index contributed by atoms with van der Waals surface area (Å²) in [7, 11) is -2.19. The van der Waals surface area contributed by atoms with Crippen molar-refractivity contribution in [2.45, 2.75) is 112 Å². The highest BCUT2D eigenvalue weighted by atomic mass is 32.2. The number of benzene rings is 1. The number of aliphatic imine (C=N–C) groups is 1. The zero-order valence-corrected chi connectivity index (χ0v) is 35.2. The predicted molar refractivity (Wildman–Crippen MR) is 215 cm³/mol. The number of carbonyl (C=O) groups excluding carboxylic acids is 2. The molecule has 2 fully saturated rings. The predicted octanol–water partition coefficient (Wildman–Crippen LogP) is 6.89. The molecule has 13 heteroatoms.